The van der Waals surface area contributed by atoms with Gasteiger partial charge in [0.25, 0.3) is 5.91 Å². The number of halogens is 1. The number of aromatic nitrogens is 2. The molecule has 0 spiro atoms. The summed E-state index contributed by atoms with van der Waals surface area (Å²) >= 11 is 5.76. The van der Waals surface area contributed by atoms with Crippen molar-refractivity contribution in [3.8, 4) is 0 Å². The fourth-order valence-corrected chi connectivity index (χ4v) is 3.21. The molecule has 3 N–H and O–H groups in total. The molecule has 0 atom stereocenters. The lowest BCUT2D eigenvalue weighted by Crippen LogP contribution is -2.22. The number of nitrogens with zero attached hydrogens (tertiary/aromatic N) is 1. The monoisotopic (exact) mass is 366 g/mol. The maximum atomic E-state index is 12.5. The van der Waals surface area contributed by atoms with Gasteiger partial charge in [0.1, 0.15) is 10.8 Å². The molecule has 7 heteroatoms. The number of para-hydroxylation sites is 1. The molecule has 0 radical (unpaired) electrons. The Labute approximate surface area is 154 Å². The van der Waals surface area contributed by atoms with Gasteiger partial charge in [0.05, 0.1) is 11.9 Å². The average molecular weight is 367 g/mol. The lowest BCUT2D eigenvalue weighted by molar-refractivity contribution is -0.111. The molecule has 0 saturated carbocycles. The third-order valence-corrected chi connectivity index (χ3v) is 4.46. The first-order chi connectivity index (χ1) is 12.6. The van der Waals surface area contributed by atoms with Crippen LogP contribution in [0.2, 0.25) is 5.15 Å². The highest BCUT2D eigenvalue weighted by atomic mass is 35.5. The molecule has 4 rings (SSSR count). The number of benzene rings is 1. The number of hydrogen-bond acceptors (Lipinski definition) is 3. The van der Waals surface area contributed by atoms with Gasteiger partial charge in [0, 0.05) is 29.1 Å². The van der Waals surface area contributed by atoms with Crippen molar-refractivity contribution >= 4 is 45.6 Å². The maximum absolute atomic E-state index is 12.5. The van der Waals surface area contributed by atoms with Gasteiger partial charge in [0.2, 0.25) is 5.91 Å². The van der Waals surface area contributed by atoms with E-state index in [1.165, 1.54) is 12.3 Å². The van der Waals surface area contributed by atoms with Gasteiger partial charge < -0.3 is 15.6 Å². The Balaban J connectivity index is 1.73. The summed E-state index contributed by atoms with van der Waals surface area (Å²) < 4.78 is 0. The summed E-state index contributed by atoms with van der Waals surface area (Å²) in [5.41, 5.74) is 3.48. The Morgan fingerprint density at radius 1 is 1.23 bits per heavy atom. The van der Waals surface area contributed by atoms with Gasteiger partial charge in [-0.15, -0.1) is 0 Å². The fraction of sp³-hybridized carbons (Fsp3) is 0.105. The predicted octanol–water partition coefficient (Wildman–Crippen LogP) is 3.37. The van der Waals surface area contributed by atoms with E-state index in [-0.39, 0.29) is 11.8 Å². The van der Waals surface area contributed by atoms with Crippen LogP contribution >= 0.6 is 11.6 Å². The van der Waals surface area contributed by atoms with Crippen molar-refractivity contribution in [1.82, 2.24) is 15.3 Å². The number of rotatable bonds is 2. The number of carbonyl (C=O) groups is 2. The van der Waals surface area contributed by atoms with E-state index in [0.717, 1.165) is 22.0 Å². The number of anilines is 1. The first-order valence-electron chi connectivity index (χ1n) is 8.14. The third kappa shape index (κ3) is 3.07. The number of amides is 2. The van der Waals surface area contributed by atoms with Crippen LogP contribution in [-0.4, -0.2) is 28.3 Å². The zero-order valence-electron chi connectivity index (χ0n) is 13.7. The standard InChI is InChI=1S/C19H15ClN4O2/c20-15-6-5-12(10-22-15)23-16(25)9-11-7-8-21-19(26)18-17(11)13-3-1-2-4-14(13)24-18/h1-6,9-10,24H,7-8H2,(H,21,26)(H,23,25)/b11-9+. The van der Waals surface area contributed by atoms with Gasteiger partial charge >= 0.3 is 0 Å². The molecule has 130 valence electrons. The molecule has 2 aromatic heterocycles. The van der Waals surface area contributed by atoms with Gasteiger partial charge in [0.15, 0.2) is 0 Å². The number of hydrogen-bond donors (Lipinski definition) is 3. The van der Waals surface area contributed by atoms with Crippen LogP contribution in [0.4, 0.5) is 5.69 Å². The van der Waals surface area contributed by atoms with Crippen LogP contribution in [0, 0.1) is 0 Å². The molecule has 3 aromatic rings. The van der Waals surface area contributed by atoms with Crippen molar-refractivity contribution in [3.05, 3.63) is 65.1 Å². The first kappa shape index (κ1) is 16.4. The lowest BCUT2D eigenvalue weighted by Gasteiger charge is -2.06. The Morgan fingerprint density at radius 2 is 2.08 bits per heavy atom. The van der Waals surface area contributed by atoms with Crippen LogP contribution in [0.15, 0.2) is 48.7 Å². The van der Waals surface area contributed by atoms with E-state index in [9.17, 15) is 9.59 Å². The Morgan fingerprint density at radius 3 is 2.88 bits per heavy atom. The summed E-state index contributed by atoms with van der Waals surface area (Å²) in [6, 6.07) is 11.0. The summed E-state index contributed by atoms with van der Waals surface area (Å²) in [6.07, 6.45) is 3.59. The molecule has 0 bridgehead atoms. The molecule has 1 aliphatic heterocycles. The van der Waals surface area contributed by atoms with Crippen LogP contribution < -0.4 is 10.6 Å². The molecule has 0 saturated heterocycles. The molecule has 1 aromatic carbocycles. The summed E-state index contributed by atoms with van der Waals surface area (Å²) in [6.45, 7) is 0.470. The number of pyridine rings is 1. The molecule has 3 heterocycles. The second kappa shape index (κ2) is 6.65. The van der Waals surface area contributed by atoms with E-state index >= 15 is 0 Å². The van der Waals surface area contributed by atoms with E-state index in [0.29, 0.717) is 29.5 Å². The molecule has 26 heavy (non-hydrogen) atoms. The van der Waals surface area contributed by atoms with E-state index in [2.05, 4.69) is 20.6 Å². The molecule has 6 nitrogen and oxygen atoms in total. The smallest absolute Gasteiger partial charge is 0.268 e. The highest BCUT2D eigenvalue weighted by Gasteiger charge is 2.23. The van der Waals surface area contributed by atoms with Crippen LogP contribution in [0.5, 0.6) is 0 Å². The number of fused-ring (bicyclic) bond motifs is 3. The van der Waals surface area contributed by atoms with Crippen molar-refractivity contribution in [3.63, 3.8) is 0 Å². The topological polar surface area (TPSA) is 86.9 Å². The molecular weight excluding hydrogens is 352 g/mol. The van der Waals surface area contributed by atoms with E-state index < -0.39 is 0 Å². The van der Waals surface area contributed by atoms with Gasteiger partial charge in [-0.2, -0.15) is 0 Å². The van der Waals surface area contributed by atoms with Crippen molar-refractivity contribution in [2.45, 2.75) is 6.42 Å². The van der Waals surface area contributed by atoms with Crippen LogP contribution in [0.3, 0.4) is 0 Å². The summed E-state index contributed by atoms with van der Waals surface area (Å²) in [7, 11) is 0. The Hall–Kier alpha value is -3.12. The zero-order chi connectivity index (χ0) is 18.1. The van der Waals surface area contributed by atoms with Gasteiger partial charge in [-0.05, 0) is 30.2 Å². The molecule has 0 aliphatic carbocycles. The van der Waals surface area contributed by atoms with Gasteiger partial charge in [-0.1, -0.05) is 29.8 Å². The van der Waals surface area contributed by atoms with Crippen LogP contribution in [0.25, 0.3) is 16.5 Å². The Bertz CT molecular complexity index is 1040. The second-order valence-corrected chi connectivity index (χ2v) is 6.34. The van der Waals surface area contributed by atoms with Gasteiger partial charge in [-0.3, -0.25) is 9.59 Å². The minimum Gasteiger partial charge on any atom is -0.350 e. The predicted molar refractivity (Wildman–Crippen MR) is 101 cm³/mol. The lowest BCUT2D eigenvalue weighted by atomic mass is 9.99. The summed E-state index contributed by atoms with van der Waals surface area (Å²) in [4.78, 5) is 31.9. The molecular formula is C19H15ClN4O2. The van der Waals surface area contributed by atoms with E-state index in [1.54, 1.807) is 12.1 Å². The summed E-state index contributed by atoms with van der Waals surface area (Å²) in [5, 5.41) is 6.90. The molecule has 2 amide bonds. The van der Waals surface area contributed by atoms with E-state index in [1.807, 2.05) is 24.3 Å². The number of H-pyrrole nitrogens is 1. The SMILES string of the molecule is O=C(/C=C1\CCNC(=O)c2[nH]c3ccccc3c21)Nc1ccc(Cl)nc1. The highest BCUT2D eigenvalue weighted by molar-refractivity contribution is 6.29. The number of aromatic amines is 1. The van der Waals surface area contributed by atoms with Gasteiger partial charge in [-0.25, -0.2) is 4.98 Å². The molecule has 0 unspecified atom stereocenters. The molecule has 1 aliphatic rings. The number of carbonyl (C=O) groups excluding carboxylic acids is 2. The van der Waals surface area contributed by atoms with E-state index in [4.69, 9.17) is 11.6 Å². The Kier molecular flexibility index (Phi) is 4.18. The average Bonchev–Trinajstić information content (AvgIpc) is 2.95. The largest absolute Gasteiger partial charge is 0.350 e. The first-order valence-corrected chi connectivity index (χ1v) is 8.52. The quantitative estimate of drug-likeness (QED) is 0.480. The minimum absolute atomic E-state index is 0.165. The summed E-state index contributed by atoms with van der Waals surface area (Å²) in [5.74, 6) is -0.448. The van der Waals surface area contributed by atoms with Crippen molar-refractivity contribution in [1.29, 1.82) is 0 Å². The third-order valence-electron chi connectivity index (χ3n) is 4.23. The van der Waals surface area contributed by atoms with Crippen molar-refractivity contribution in [2.75, 3.05) is 11.9 Å². The number of nitrogens with one attached hydrogen (secondary N) is 3. The van der Waals surface area contributed by atoms with Crippen molar-refractivity contribution in [2.24, 2.45) is 0 Å². The normalized spacial score (nSPS) is 15.4. The van der Waals surface area contributed by atoms with Crippen molar-refractivity contribution < 1.29 is 9.59 Å². The maximum Gasteiger partial charge on any atom is 0.268 e. The molecule has 0 fully saturated rings. The van der Waals surface area contributed by atoms with Crippen LogP contribution in [-0.2, 0) is 4.79 Å². The zero-order valence-corrected chi connectivity index (χ0v) is 14.4. The fourth-order valence-electron chi connectivity index (χ4n) is 3.10. The second-order valence-electron chi connectivity index (χ2n) is 5.95. The highest BCUT2D eigenvalue weighted by Crippen LogP contribution is 2.32. The van der Waals surface area contributed by atoms with Crippen LogP contribution in [0.1, 0.15) is 22.5 Å². The minimum atomic E-state index is -0.283.